The van der Waals surface area contributed by atoms with Gasteiger partial charge in [0.05, 0.1) is 18.4 Å². The van der Waals surface area contributed by atoms with Crippen LogP contribution < -0.4 is 15.0 Å². The Morgan fingerprint density at radius 2 is 1.75 bits per heavy atom. The van der Waals surface area contributed by atoms with Crippen LogP contribution in [-0.4, -0.2) is 18.0 Å². The molecule has 1 aliphatic rings. The number of ether oxygens (including phenoxy) is 1. The van der Waals surface area contributed by atoms with Crippen molar-refractivity contribution in [2.24, 2.45) is 0 Å². The average Bonchev–Trinajstić information content (AvgIpc) is 3.00. The van der Waals surface area contributed by atoms with E-state index in [1.807, 2.05) is 42.5 Å². The summed E-state index contributed by atoms with van der Waals surface area (Å²) in [6.45, 7) is 4.34. The summed E-state index contributed by atoms with van der Waals surface area (Å²) >= 11 is 0. The van der Waals surface area contributed by atoms with E-state index in [0.29, 0.717) is 11.5 Å². The number of hydrogen-bond acceptors (Lipinski definition) is 4. The number of pyridine rings is 1. The van der Waals surface area contributed by atoms with Crippen molar-refractivity contribution in [1.82, 2.24) is 4.98 Å². The second-order valence-electron chi connectivity index (χ2n) is 7.13. The molecule has 2 aromatic carbocycles. The van der Waals surface area contributed by atoms with Crippen molar-refractivity contribution in [3.63, 3.8) is 0 Å². The molecule has 0 aliphatic carbocycles. The Kier molecular flexibility index (Phi) is 4.74. The highest BCUT2D eigenvalue weighted by Gasteiger charge is 2.39. The molecule has 0 fully saturated rings. The molecule has 5 nitrogen and oxygen atoms in total. The zero-order valence-electron chi connectivity index (χ0n) is 16.2. The van der Waals surface area contributed by atoms with Gasteiger partial charge in [-0.15, -0.1) is 0 Å². The van der Waals surface area contributed by atoms with Gasteiger partial charge < -0.3 is 10.1 Å². The topological polar surface area (TPSA) is 54.5 Å². The van der Waals surface area contributed by atoms with Crippen molar-refractivity contribution in [3.05, 3.63) is 83.7 Å². The molecular weight excluding hydrogens is 350 g/mol. The number of nitrogens with zero attached hydrogens (tertiary/aromatic N) is 2. The number of anilines is 2. The molecule has 1 aliphatic heterocycles. The van der Waals surface area contributed by atoms with Gasteiger partial charge in [-0.05, 0) is 60.0 Å². The molecule has 0 spiro atoms. The van der Waals surface area contributed by atoms with E-state index in [0.717, 1.165) is 22.8 Å². The fourth-order valence-electron chi connectivity index (χ4n) is 3.45. The smallest absolute Gasteiger partial charge is 0.262 e. The average molecular weight is 373 g/mol. The third-order valence-electron chi connectivity index (χ3n) is 5.04. The number of benzene rings is 2. The highest BCUT2D eigenvalue weighted by Crippen LogP contribution is 2.37. The summed E-state index contributed by atoms with van der Waals surface area (Å²) in [7, 11) is 1.63. The summed E-state index contributed by atoms with van der Waals surface area (Å²) in [5.41, 5.74) is 4.36. The number of methoxy groups -OCH3 is 1. The Morgan fingerprint density at radius 1 is 1.04 bits per heavy atom. The summed E-state index contributed by atoms with van der Waals surface area (Å²) in [4.78, 5) is 19.3. The van der Waals surface area contributed by atoms with Crippen molar-refractivity contribution in [2.45, 2.75) is 25.9 Å². The van der Waals surface area contributed by atoms with Crippen LogP contribution in [0, 0.1) is 0 Å². The highest BCUT2D eigenvalue weighted by atomic mass is 16.5. The van der Waals surface area contributed by atoms with E-state index in [1.165, 1.54) is 5.56 Å². The third-order valence-corrected chi connectivity index (χ3v) is 5.04. The number of hydrogen-bond donors (Lipinski definition) is 1. The van der Waals surface area contributed by atoms with Gasteiger partial charge in [-0.25, -0.2) is 0 Å². The van der Waals surface area contributed by atoms with Gasteiger partial charge in [0, 0.05) is 17.6 Å². The van der Waals surface area contributed by atoms with Gasteiger partial charge in [0.1, 0.15) is 5.75 Å². The number of fused-ring (bicyclic) bond motifs is 1. The van der Waals surface area contributed by atoms with Crippen LogP contribution in [0.3, 0.4) is 0 Å². The van der Waals surface area contributed by atoms with Gasteiger partial charge in [0.15, 0.2) is 6.17 Å². The van der Waals surface area contributed by atoms with Crippen LogP contribution in [-0.2, 0) is 0 Å². The molecule has 0 bridgehead atoms. The molecular formula is C23H23N3O2. The van der Waals surface area contributed by atoms with E-state index in [2.05, 4.69) is 36.3 Å². The van der Waals surface area contributed by atoms with E-state index in [-0.39, 0.29) is 12.1 Å². The van der Waals surface area contributed by atoms with Crippen LogP contribution in [0.5, 0.6) is 5.75 Å². The molecule has 4 rings (SSSR count). The SMILES string of the molecule is COc1ccc(N2C(=O)c3cccnc3[C@@H]2Nc2ccc(C(C)C)cc2)cc1. The number of nitrogens with one attached hydrogen (secondary N) is 1. The molecule has 0 radical (unpaired) electrons. The molecule has 0 saturated heterocycles. The fraction of sp³-hybridized carbons (Fsp3) is 0.217. The quantitative estimate of drug-likeness (QED) is 0.685. The minimum absolute atomic E-state index is 0.0652. The molecule has 1 amide bonds. The Balaban J connectivity index is 1.70. The van der Waals surface area contributed by atoms with Crippen LogP contribution >= 0.6 is 0 Å². The normalized spacial score (nSPS) is 15.6. The van der Waals surface area contributed by atoms with Gasteiger partial charge in [-0.3, -0.25) is 14.7 Å². The summed E-state index contributed by atoms with van der Waals surface area (Å²) in [5, 5.41) is 3.48. The van der Waals surface area contributed by atoms with Crippen LogP contribution in [0.4, 0.5) is 11.4 Å². The lowest BCUT2D eigenvalue weighted by molar-refractivity contribution is 0.0993. The van der Waals surface area contributed by atoms with Gasteiger partial charge in [0.25, 0.3) is 5.91 Å². The lowest BCUT2D eigenvalue weighted by atomic mass is 10.0. The predicted octanol–water partition coefficient (Wildman–Crippen LogP) is 4.98. The zero-order valence-corrected chi connectivity index (χ0v) is 16.2. The Morgan fingerprint density at radius 3 is 2.39 bits per heavy atom. The molecule has 28 heavy (non-hydrogen) atoms. The van der Waals surface area contributed by atoms with E-state index < -0.39 is 0 Å². The lowest BCUT2D eigenvalue weighted by Crippen LogP contribution is -2.32. The standard InChI is InChI=1S/C23H23N3O2/c1-15(2)16-6-8-17(9-7-16)25-22-21-20(5-4-14-24-21)23(27)26(22)18-10-12-19(28-3)13-11-18/h4-15,22,25H,1-3H3/t22-/m1/s1. The molecule has 1 aromatic heterocycles. The minimum atomic E-state index is -0.373. The van der Waals surface area contributed by atoms with Gasteiger partial charge >= 0.3 is 0 Å². The monoisotopic (exact) mass is 373 g/mol. The first-order valence-electron chi connectivity index (χ1n) is 9.37. The van der Waals surface area contributed by atoms with Gasteiger partial charge in [-0.1, -0.05) is 26.0 Å². The maximum atomic E-state index is 13.1. The number of carbonyl (C=O) groups excluding carboxylic acids is 1. The number of rotatable bonds is 5. The first kappa shape index (κ1) is 18.0. The molecule has 0 saturated carbocycles. The number of amides is 1. The molecule has 2 heterocycles. The van der Waals surface area contributed by atoms with E-state index >= 15 is 0 Å². The van der Waals surface area contributed by atoms with Gasteiger partial charge in [-0.2, -0.15) is 0 Å². The van der Waals surface area contributed by atoms with Crippen molar-refractivity contribution >= 4 is 17.3 Å². The Bertz CT molecular complexity index is 981. The number of carbonyl (C=O) groups is 1. The minimum Gasteiger partial charge on any atom is -0.497 e. The van der Waals surface area contributed by atoms with Crippen molar-refractivity contribution in [2.75, 3.05) is 17.3 Å². The number of aromatic nitrogens is 1. The highest BCUT2D eigenvalue weighted by molar-refractivity contribution is 6.11. The van der Waals surface area contributed by atoms with Crippen LogP contribution in [0.15, 0.2) is 66.9 Å². The Hall–Kier alpha value is -3.34. The van der Waals surface area contributed by atoms with E-state index in [1.54, 1.807) is 24.3 Å². The molecule has 142 valence electrons. The molecule has 5 heteroatoms. The van der Waals surface area contributed by atoms with Crippen LogP contribution in [0.2, 0.25) is 0 Å². The maximum Gasteiger partial charge on any atom is 0.262 e. The van der Waals surface area contributed by atoms with Gasteiger partial charge in [0.2, 0.25) is 0 Å². The zero-order chi connectivity index (χ0) is 19.7. The molecule has 1 N–H and O–H groups in total. The molecule has 0 unspecified atom stereocenters. The maximum absolute atomic E-state index is 13.1. The predicted molar refractivity (Wildman–Crippen MR) is 111 cm³/mol. The van der Waals surface area contributed by atoms with Crippen LogP contribution in [0.25, 0.3) is 0 Å². The molecule has 1 atom stereocenters. The third kappa shape index (κ3) is 3.20. The van der Waals surface area contributed by atoms with Crippen LogP contribution in [0.1, 0.15) is 47.5 Å². The Labute approximate surface area is 165 Å². The molecule has 3 aromatic rings. The second-order valence-corrected chi connectivity index (χ2v) is 7.13. The summed E-state index contributed by atoms with van der Waals surface area (Å²) in [6.07, 6.45) is 1.35. The first-order chi connectivity index (χ1) is 13.6. The largest absolute Gasteiger partial charge is 0.497 e. The first-order valence-corrected chi connectivity index (χ1v) is 9.37. The lowest BCUT2D eigenvalue weighted by Gasteiger charge is -2.27. The second kappa shape index (κ2) is 7.35. The van der Waals surface area contributed by atoms with Crippen molar-refractivity contribution < 1.29 is 9.53 Å². The summed E-state index contributed by atoms with van der Waals surface area (Å²) in [6, 6.07) is 19.4. The summed E-state index contributed by atoms with van der Waals surface area (Å²) in [5.74, 6) is 1.16. The summed E-state index contributed by atoms with van der Waals surface area (Å²) < 4.78 is 5.24. The van der Waals surface area contributed by atoms with Crippen molar-refractivity contribution in [3.8, 4) is 5.75 Å². The fourth-order valence-corrected chi connectivity index (χ4v) is 3.45. The van der Waals surface area contributed by atoms with Crippen molar-refractivity contribution in [1.29, 1.82) is 0 Å². The van der Waals surface area contributed by atoms with E-state index in [4.69, 9.17) is 4.74 Å². The van der Waals surface area contributed by atoms with E-state index in [9.17, 15) is 4.79 Å².